The van der Waals surface area contributed by atoms with Crippen LogP contribution in [0.15, 0.2) is 42.5 Å². The highest BCUT2D eigenvalue weighted by atomic mass is 16.2. The van der Waals surface area contributed by atoms with Crippen LogP contribution in [0.25, 0.3) is 10.9 Å². The number of rotatable bonds is 2. The molecule has 4 rings (SSSR count). The molecule has 3 aromatic rings. The molecule has 1 aromatic heterocycles. The summed E-state index contributed by atoms with van der Waals surface area (Å²) in [6.45, 7) is 3.77. The molecule has 0 saturated carbocycles. The van der Waals surface area contributed by atoms with E-state index < -0.39 is 0 Å². The molecule has 0 radical (unpaired) electrons. The lowest BCUT2D eigenvalue weighted by atomic mass is 10.1. The van der Waals surface area contributed by atoms with Crippen LogP contribution in [0.3, 0.4) is 0 Å². The van der Waals surface area contributed by atoms with Crippen molar-refractivity contribution < 1.29 is 14.4 Å². The number of carbonyl (C=O) groups excluding carboxylic acids is 3. The molecule has 0 saturated heterocycles. The van der Waals surface area contributed by atoms with E-state index in [-0.39, 0.29) is 17.7 Å². The van der Waals surface area contributed by atoms with E-state index in [1.807, 2.05) is 31.2 Å². The number of aromatic nitrogens is 1. The molecular weight excluding hydrogens is 342 g/mol. The van der Waals surface area contributed by atoms with Crippen LogP contribution < -0.4 is 5.32 Å². The third-order valence-corrected chi connectivity index (χ3v) is 4.75. The van der Waals surface area contributed by atoms with Crippen molar-refractivity contribution in [1.29, 1.82) is 0 Å². The summed E-state index contributed by atoms with van der Waals surface area (Å²) in [6, 6.07) is 12.4. The molecule has 0 fully saturated rings. The van der Waals surface area contributed by atoms with Crippen molar-refractivity contribution in [2.75, 3.05) is 12.4 Å². The molecule has 1 aliphatic heterocycles. The van der Waals surface area contributed by atoms with Crippen molar-refractivity contribution in [3.63, 3.8) is 0 Å². The molecule has 3 amide bonds. The van der Waals surface area contributed by atoms with Gasteiger partial charge in [0.05, 0.1) is 27.9 Å². The SMILES string of the molecule is Cc1ccc2nc(C)c(C(=O)Nc3ccc4c(c3)C(=O)N(C)C4=O)cc2c1. The fraction of sp³-hybridized carbons (Fsp3) is 0.143. The lowest BCUT2D eigenvalue weighted by molar-refractivity contribution is 0.0692. The zero-order valence-electron chi connectivity index (χ0n) is 15.2. The summed E-state index contributed by atoms with van der Waals surface area (Å²) in [6.07, 6.45) is 0. The van der Waals surface area contributed by atoms with Crippen molar-refractivity contribution in [3.8, 4) is 0 Å². The third-order valence-electron chi connectivity index (χ3n) is 4.75. The van der Waals surface area contributed by atoms with Gasteiger partial charge in [-0.25, -0.2) is 0 Å². The monoisotopic (exact) mass is 359 g/mol. The van der Waals surface area contributed by atoms with E-state index in [1.165, 1.54) is 13.1 Å². The summed E-state index contributed by atoms with van der Waals surface area (Å²) in [5, 5.41) is 3.69. The zero-order valence-corrected chi connectivity index (χ0v) is 15.2. The number of nitrogens with zero attached hydrogens (tertiary/aromatic N) is 2. The molecule has 0 spiro atoms. The maximum atomic E-state index is 12.8. The highest BCUT2D eigenvalue weighted by Gasteiger charge is 2.32. The summed E-state index contributed by atoms with van der Waals surface area (Å²) in [5.74, 6) is -1.02. The number of benzene rings is 2. The zero-order chi connectivity index (χ0) is 19.3. The van der Waals surface area contributed by atoms with E-state index in [0.717, 1.165) is 21.4 Å². The van der Waals surface area contributed by atoms with Gasteiger partial charge in [-0.05, 0) is 50.2 Å². The molecule has 134 valence electrons. The summed E-state index contributed by atoms with van der Waals surface area (Å²) >= 11 is 0. The van der Waals surface area contributed by atoms with Crippen molar-refractivity contribution in [2.24, 2.45) is 0 Å². The molecule has 1 N–H and O–H groups in total. The minimum atomic E-state index is -0.370. The van der Waals surface area contributed by atoms with Gasteiger partial charge in [-0.15, -0.1) is 0 Å². The number of hydrogen-bond donors (Lipinski definition) is 1. The van der Waals surface area contributed by atoms with Crippen LogP contribution in [0.5, 0.6) is 0 Å². The Labute approximate surface area is 155 Å². The second-order valence-corrected chi connectivity index (χ2v) is 6.70. The third kappa shape index (κ3) is 2.75. The van der Waals surface area contributed by atoms with E-state index in [0.29, 0.717) is 28.1 Å². The van der Waals surface area contributed by atoms with Gasteiger partial charge in [-0.2, -0.15) is 0 Å². The quantitative estimate of drug-likeness (QED) is 0.712. The van der Waals surface area contributed by atoms with E-state index in [1.54, 1.807) is 19.1 Å². The number of imide groups is 1. The largest absolute Gasteiger partial charge is 0.322 e. The summed E-state index contributed by atoms with van der Waals surface area (Å²) in [5.41, 5.74) is 4.11. The smallest absolute Gasteiger partial charge is 0.261 e. The van der Waals surface area contributed by atoms with Crippen LogP contribution in [0.2, 0.25) is 0 Å². The molecule has 6 nitrogen and oxygen atoms in total. The molecule has 0 atom stereocenters. The Balaban J connectivity index is 1.67. The maximum absolute atomic E-state index is 12.8. The standard InChI is InChI=1S/C21H17N3O3/c1-11-4-7-18-13(8-11)9-16(12(2)22-18)19(25)23-14-5-6-15-17(10-14)21(27)24(3)20(15)26/h4-10H,1-3H3,(H,23,25). The Morgan fingerprint density at radius 1 is 0.963 bits per heavy atom. The van der Waals surface area contributed by atoms with Gasteiger partial charge < -0.3 is 5.32 Å². The van der Waals surface area contributed by atoms with Crippen molar-refractivity contribution >= 4 is 34.3 Å². The molecule has 1 aliphatic rings. The fourth-order valence-electron chi connectivity index (χ4n) is 3.26. The van der Waals surface area contributed by atoms with Gasteiger partial charge in [0.2, 0.25) is 0 Å². The van der Waals surface area contributed by atoms with E-state index in [2.05, 4.69) is 10.3 Å². The first-order chi connectivity index (χ1) is 12.8. The number of anilines is 1. The number of hydrogen-bond acceptors (Lipinski definition) is 4. The predicted molar refractivity (Wildman–Crippen MR) is 102 cm³/mol. The van der Waals surface area contributed by atoms with Crippen molar-refractivity contribution in [2.45, 2.75) is 13.8 Å². The highest BCUT2D eigenvalue weighted by Crippen LogP contribution is 2.25. The Morgan fingerprint density at radius 3 is 2.48 bits per heavy atom. The first-order valence-electron chi connectivity index (χ1n) is 8.51. The first kappa shape index (κ1) is 16.9. The topological polar surface area (TPSA) is 79.4 Å². The second-order valence-electron chi connectivity index (χ2n) is 6.70. The summed E-state index contributed by atoms with van der Waals surface area (Å²) in [4.78, 5) is 42.4. The number of fused-ring (bicyclic) bond motifs is 2. The van der Waals surface area contributed by atoms with Gasteiger partial charge in [-0.1, -0.05) is 11.6 Å². The Hall–Kier alpha value is -3.54. The Bertz CT molecular complexity index is 1150. The van der Waals surface area contributed by atoms with Crippen LogP contribution in [-0.2, 0) is 0 Å². The van der Waals surface area contributed by atoms with E-state index in [4.69, 9.17) is 0 Å². The normalized spacial score (nSPS) is 13.2. The fourth-order valence-corrected chi connectivity index (χ4v) is 3.26. The average molecular weight is 359 g/mol. The number of aryl methyl sites for hydroxylation is 2. The molecule has 27 heavy (non-hydrogen) atoms. The number of carbonyl (C=O) groups is 3. The molecule has 6 heteroatoms. The Morgan fingerprint density at radius 2 is 1.70 bits per heavy atom. The molecular formula is C21H17N3O3. The lowest BCUT2D eigenvalue weighted by Crippen LogP contribution is -2.24. The number of nitrogens with one attached hydrogen (secondary N) is 1. The number of amides is 3. The summed E-state index contributed by atoms with van der Waals surface area (Å²) in [7, 11) is 1.44. The predicted octanol–water partition coefficient (Wildman–Crippen LogP) is 3.33. The lowest BCUT2D eigenvalue weighted by Gasteiger charge is -2.10. The van der Waals surface area contributed by atoms with Gasteiger partial charge >= 0.3 is 0 Å². The minimum absolute atomic E-state index is 0.296. The average Bonchev–Trinajstić information content (AvgIpc) is 2.85. The van der Waals surface area contributed by atoms with Crippen molar-refractivity contribution in [1.82, 2.24) is 9.88 Å². The van der Waals surface area contributed by atoms with Crippen LogP contribution >= 0.6 is 0 Å². The van der Waals surface area contributed by atoms with Gasteiger partial charge in [0, 0.05) is 18.1 Å². The van der Waals surface area contributed by atoms with Crippen LogP contribution in [0.1, 0.15) is 42.3 Å². The van der Waals surface area contributed by atoms with E-state index in [9.17, 15) is 14.4 Å². The summed E-state index contributed by atoms with van der Waals surface area (Å²) < 4.78 is 0. The highest BCUT2D eigenvalue weighted by molar-refractivity contribution is 6.21. The van der Waals surface area contributed by atoms with Crippen LogP contribution in [-0.4, -0.2) is 34.7 Å². The van der Waals surface area contributed by atoms with Gasteiger partial charge in [0.25, 0.3) is 17.7 Å². The van der Waals surface area contributed by atoms with Crippen LogP contribution in [0, 0.1) is 13.8 Å². The molecule has 2 aromatic carbocycles. The van der Waals surface area contributed by atoms with Crippen LogP contribution in [0.4, 0.5) is 5.69 Å². The van der Waals surface area contributed by atoms with Gasteiger partial charge in [0.1, 0.15) is 0 Å². The first-order valence-corrected chi connectivity index (χ1v) is 8.51. The Kier molecular flexibility index (Phi) is 3.77. The molecule has 0 aliphatic carbocycles. The second kappa shape index (κ2) is 6.02. The van der Waals surface area contributed by atoms with Crippen molar-refractivity contribution in [3.05, 3.63) is 70.4 Å². The minimum Gasteiger partial charge on any atom is -0.322 e. The molecule has 0 unspecified atom stereocenters. The van der Waals surface area contributed by atoms with E-state index >= 15 is 0 Å². The molecule has 0 bridgehead atoms. The molecule has 2 heterocycles. The maximum Gasteiger partial charge on any atom is 0.261 e. The van der Waals surface area contributed by atoms with Gasteiger partial charge in [0.15, 0.2) is 0 Å². The van der Waals surface area contributed by atoms with Gasteiger partial charge in [-0.3, -0.25) is 24.3 Å². The number of pyridine rings is 1.